The Morgan fingerprint density at radius 3 is 2.43 bits per heavy atom. The van der Waals surface area contributed by atoms with Crippen molar-refractivity contribution in [3.05, 3.63) is 58.1 Å². The molecule has 0 saturated carbocycles. The van der Waals surface area contributed by atoms with Gasteiger partial charge in [0.15, 0.2) is 0 Å². The largest absolute Gasteiger partial charge is 0.378 e. The van der Waals surface area contributed by atoms with Crippen molar-refractivity contribution in [3.63, 3.8) is 0 Å². The van der Waals surface area contributed by atoms with Crippen LogP contribution in [-0.4, -0.2) is 4.98 Å². The lowest BCUT2D eigenvalue weighted by atomic mass is 10.0. The monoisotopic (exact) mass is 296 g/mol. The number of anilines is 1. The van der Waals surface area contributed by atoms with Gasteiger partial charge in [0.1, 0.15) is 0 Å². The Morgan fingerprint density at radius 1 is 1.00 bits per heavy atom. The summed E-state index contributed by atoms with van der Waals surface area (Å²) in [5.41, 5.74) is 6.19. The summed E-state index contributed by atoms with van der Waals surface area (Å²) in [6, 6.07) is 13.4. The molecule has 0 radical (unpaired) electrons. The summed E-state index contributed by atoms with van der Waals surface area (Å²) in [5, 5.41) is 4.71. The Labute approximate surface area is 129 Å². The number of hydrogen-bond acceptors (Lipinski definition) is 3. The van der Waals surface area contributed by atoms with Gasteiger partial charge in [-0.15, -0.1) is 11.3 Å². The molecule has 0 aliphatic rings. The number of aromatic nitrogens is 1. The standard InChI is InChI=1S/C18H20N2S/c1-11-7-12(2)9-15(8-11)13(3)19-16-5-6-17-18(10-16)21-14(4)20-17/h5-10,13,19H,1-4H3. The number of fused-ring (bicyclic) bond motifs is 1. The molecule has 0 saturated heterocycles. The molecule has 3 aromatic rings. The predicted octanol–water partition coefficient (Wildman–Crippen LogP) is 5.39. The Hall–Kier alpha value is -1.87. The molecule has 21 heavy (non-hydrogen) atoms. The van der Waals surface area contributed by atoms with Crippen LogP contribution in [0.25, 0.3) is 10.2 Å². The van der Waals surface area contributed by atoms with E-state index in [-0.39, 0.29) is 6.04 Å². The lowest BCUT2D eigenvalue weighted by Crippen LogP contribution is -2.07. The van der Waals surface area contributed by atoms with E-state index in [4.69, 9.17) is 0 Å². The van der Waals surface area contributed by atoms with Crippen LogP contribution >= 0.6 is 11.3 Å². The summed E-state index contributed by atoms with van der Waals surface area (Å²) in [6.07, 6.45) is 0. The van der Waals surface area contributed by atoms with E-state index in [0.717, 1.165) is 16.2 Å². The van der Waals surface area contributed by atoms with Gasteiger partial charge in [0.25, 0.3) is 0 Å². The molecule has 0 bridgehead atoms. The quantitative estimate of drug-likeness (QED) is 0.700. The zero-order valence-corrected chi connectivity index (χ0v) is 13.7. The Bertz CT molecular complexity index is 769. The van der Waals surface area contributed by atoms with Gasteiger partial charge in [-0.05, 0) is 51.5 Å². The van der Waals surface area contributed by atoms with E-state index in [0.29, 0.717) is 0 Å². The van der Waals surface area contributed by atoms with Gasteiger partial charge in [-0.25, -0.2) is 4.98 Å². The van der Waals surface area contributed by atoms with Crippen LogP contribution in [0.15, 0.2) is 36.4 Å². The third-order valence-corrected chi connectivity index (χ3v) is 4.56. The van der Waals surface area contributed by atoms with Gasteiger partial charge in [0, 0.05) is 11.7 Å². The zero-order chi connectivity index (χ0) is 15.0. The van der Waals surface area contributed by atoms with Crippen LogP contribution in [0.3, 0.4) is 0 Å². The molecule has 1 unspecified atom stereocenters. The third-order valence-electron chi connectivity index (χ3n) is 3.62. The molecule has 3 rings (SSSR count). The molecular weight excluding hydrogens is 276 g/mol. The second-order valence-corrected chi connectivity index (χ2v) is 6.94. The first-order chi connectivity index (χ1) is 10.0. The molecule has 2 aromatic carbocycles. The van der Waals surface area contributed by atoms with Gasteiger partial charge >= 0.3 is 0 Å². The minimum atomic E-state index is 0.287. The number of nitrogens with one attached hydrogen (secondary N) is 1. The SMILES string of the molecule is Cc1cc(C)cc(C(C)Nc2ccc3nc(C)sc3c2)c1. The van der Waals surface area contributed by atoms with Gasteiger partial charge in [0.05, 0.1) is 15.2 Å². The minimum Gasteiger partial charge on any atom is -0.378 e. The number of thiazole rings is 1. The third kappa shape index (κ3) is 3.08. The highest BCUT2D eigenvalue weighted by Gasteiger charge is 2.08. The lowest BCUT2D eigenvalue weighted by molar-refractivity contribution is 0.881. The maximum absolute atomic E-state index is 4.51. The molecule has 1 N–H and O–H groups in total. The fourth-order valence-corrected chi connectivity index (χ4v) is 3.59. The van der Waals surface area contributed by atoms with Crippen molar-refractivity contribution < 1.29 is 0 Å². The highest BCUT2D eigenvalue weighted by atomic mass is 32.1. The van der Waals surface area contributed by atoms with E-state index >= 15 is 0 Å². The minimum absolute atomic E-state index is 0.287. The topological polar surface area (TPSA) is 24.9 Å². The summed E-state index contributed by atoms with van der Waals surface area (Å²) >= 11 is 1.74. The summed E-state index contributed by atoms with van der Waals surface area (Å²) in [7, 11) is 0. The van der Waals surface area contributed by atoms with Crippen LogP contribution < -0.4 is 5.32 Å². The summed E-state index contributed by atoms with van der Waals surface area (Å²) in [6.45, 7) is 8.55. The molecule has 3 heteroatoms. The van der Waals surface area contributed by atoms with Crippen molar-refractivity contribution in [3.8, 4) is 0 Å². The van der Waals surface area contributed by atoms with Crippen molar-refractivity contribution in [1.29, 1.82) is 0 Å². The van der Waals surface area contributed by atoms with Gasteiger partial charge in [-0.3, -0.25) is 0 Å². The summed E-state index contributed by atoms with van der Waals surface area (Å²) in [4.78, 5) is 4.51. The van der Waals surface area contributed by atoms with E-state index in [1.54, 1.807) is 11.3 Å². The second-order valence-electron chi connectivity index (χ2n) is 5.70. The van der Waals surface area contributed by atoms with E-state index < -0.39 is 0 Å². The molecule has 1 heterocycles. The highest BCUT2D eigenvalue weighted by molar-refractivity contribution is 7.18. The maximum Gasteiger partial charge on any atom is 0.0907 e. The van der Waals surface area contributed by atoms with E-state index in [2.05, 4.69) is 74.4 Å². The summed E-state index contributed by atoms with van der Waals surface area (Å²) in [5.74, 6) is 0. The van der Waals surface area contributed by atoms with Crippen molar-refractivity contribution >= 4 is 27.2 Å². The normalized spacial score (nSPS) is 12.6. The van der Waals surface area contributed by atoms with Crippen molar-refractivity contribution in [2.45, 2.75) is 33.7 Å². The van der Waals surface area contributed by atoms with Crippen LogP contribution in [-0.2, 0) is 0 Å². The molecule has 0 fully saturated rings. The molecule has 108 valence electrons. The van der Waals surface area contributed by atoms with Gasteiger partial charge < -0.3 is 5.32 Å². The smallest absolute Gasteiger partial charge is 0.0907 e. The first-order valence-electron chi connectivity index (χ1n) is 7.23. The lowest BCUT2D eigenvalue weighted by Gasteiger charge is -2.17. The molecule has 0 spiro atoms. The van der Waals surface area contributed by atoms with E-state index in [9.17, 15) is 0 Å². The van der Waals surface area contributed by atoms with Crippen LogP contribution in [0.4, 0.5) is 5.69 Å². The average Bonchev–Trinajstić information content (AvgIpc) is 2.77. The molecular formula is C18H20N2S. The number of hydrogen-bond donors (Lipinski definition) is 1. The van der Waals surface area contributed by atoms with E-state index in [1.165, 1.54) is 21.4 Å². The number of aryl methyl sites for hydroxylation is 3. The predicted molar refractivity (Wildman–Crippen MR) is 92.3 cm³/mol. The fraction of sp³-hybridized carbons (Fsp3) is 0.278. The second kappa shape index (κ2) is 5.49. The fourth-order valence-electron chi connectivity index (χ4n) is 2.72. The molecule has 2 nitrogen and oxygen atoms in total. The molecule has 1 aromatic heterocycles. The van der Waals surface area contributed by atoms with Crippen LogP contribution in [0.5, 0.6) is 0 Å². The number of nitrogens with zero attached hydrogens (tertiary/aromatic N) is 1. The summed E-state index contributed by atoms with van der Waals surface area (Å²) < 4.78 is 1.24. The first-order valence-corrected chi connectivity index (χ1v) is 8.05. The van der Waals surface area contributed by atoms with Crippen LogP contribution in [0, 0.1) is 20.8 Å². The first kappa shape index (κ1) is 14.1. The van der Waals surface area contributed by atoms with Crippen LogP contribution in [0.2, 0.25) is 0 Å². The average molecular weight is 296 g/mol. The van der Waals surface area contributed by atoms with Crippen LogP contribution in [0.1, 0.15) is 34.7 Å². The van der Waals surface area contributed by atoms with Crippen molar-refractivity contribution in [2.24, 2.45) is 0 Å². The Balaban J connectivity index is 1.86. The van der Waals surface area contributed by atoms with Gasteiger partial charge in [-0.1, -0.05) is 29.3 Å². The van der Waals surface area contributed by atoms with Crippen molar-refractivity contribution in [1.82, 2.24) is 4.98 Å². The number of rotatable bonds is 3. The molecule has 1 atom stereocenters. The Kier molecular flexibility index (Phi) is 3.68. The van der Waals surface area contributed by atoms with E-state index in [1.807, 2.05) is 0 Å². The van der Waals surface area contributed by atoms with Crippen molar-refractivity contribution in [2.75, 3.05) is 5.32 Å². The maximum atomic E-state index is 4.51. The zero-order valence-electron chi connectivity index (χ0n) is 12.9. The Morgan fingerprint density at radius 2 is 1.71 bits per heavy atom. The highest BCUT2D eigenvalue weighted by Crippen LogP contribution is 2.27. The molecule has 0 aliphatic carbocycles. The number of benzene rings is 2. The van der Waals surface area contributed by atoms with Gasteiger partial charge in [0.2, 0.25) is 0 Å². The van der Waals surface area contributed by atoms with Gasteiger partial charge in [-0.2, -0.15) is 0 Å². The molecule has 0 aliphatic heterocycles. The molecule has 0 amide bonds.